The molecule has 2 aliphatic heterocycles. The monoisotopic (exact) mass is 761 g/mol. The summed E-state index contributed by atoms with van der Waals surface area (Å²) in [6, 6.07) is 0. The number of allylic oxidation sites excluding steroid dienone is 1. The number of nitrogens with one attached hydrogen (secondary N) is 2. The second-order valence-electron chi connectivity index (χ2n) is 20.6. The Morgan fingerprint density at radius 3 is 2.26 bits per heavy atom. The third-order valence-electron chi connectivity index (χ3n) is 17.3. The maximum absolute atomic E-state index is 13.3. The highest BCUT2D eigenvalue weighted by Crippen LogP contribution is 2.76. The van der Waals surface area contributed by atoms with E-state index in [1.165, 1.54) is 64.0 Å². The molecule has 10 heteroatoms. The van der Waals surface area contributed by atoms with Crippen LogP contribution >= 0.6 is 10.6 Å². The second-order valence-corrected chi connectivity index (χ2v) is 23.0. The quantitative estimate of drug-likeness (QED) is 0.0978. The van der Waals surface area contributed by atoms with Gasteiger partial charge in [0.15, 0.2) is 0 Å². The summed E-state index contributed by atoms with van der Waals surface area (Å²) >= 11 is 0. The van der Waals surface area contributed by atoms with Gasteiger partial charge >= 0.3 is 5.97 Å². The van der Waals surface area contributed by atoms with Gasteiger partial charge in [-0.2, -0.15) is 10.6 Å². The van der Waals surface area contributed by atoms with E-state index in [2.05, 4.69) is 68.6 Å². The Morgan fingerprint density at radius 2 is 1.60 bits per heavy atom. The molecule has 6 aliphatic rings. The maximum Gasteiger partial charge on any atom is 0.330 e. The minimum absolute atomic E-state index is 0.112. The number of esters is 1. The van der Waals surface area contributed by atoms with Crippen LogP contribution < -0.4 is 10.6 Å². The summed E-state index contributed by atoms with van der Waals surface area (Å²) in [7, 11) is -0.969. The topological polar surface area (TPSA) is 114 Å². The van der Waals surface area contributed by atoms with Gasteiger partial charge in [-0.1, -0.05) is 32.9 Å². The smallest absolute Gasteiger partial charge is 0.330 e. The molecule has 4 saturated carbocycles. The Kier molecular flexibility index (Phi) is 11.5. The fourth-order valence-corrected chi connectivity index (χ4v) is 15.6. The van der Waals surface area contributed by atoms with Gasteiger partial charge in [0.25, 0.3) is 0 Å². The molecule has 304 valence electrons. The molecule has 4 N–H and O–H groups in total. The molecular formula is C43H76N4O5S. The van der Waals surface area contributed by atoms with Crippen LogP contribution in [0.1, 0.15) is 120 Å². The highest BCUT2D eigenvalue weighted by Gasteiger charge is 2.70. The number of piperidine rings is 1. The average Bonchev–Trinajstić information content (AvgIpc) is 3.46. The van der Waals surface area contributed by atoms with Crippen molar-refractivity contribution in [1.82, 2.24) is 20.4 Å². The van der Waals surface area contributed by atoms with E-state index in [9.17, 15) is 18.7 Å². The van der Waals surface area contributed by atoms with Crippen molar-refractivity contribution in [3.63, 3.8) is 0 Å². The number of hydrogen-bond acceptors (Lipinski definition) is 8. The molecule has 0 spiro atoms. The largest absolute Gasteiger partial charge is 0.467 e. The first kappa shape index (κ1) is 41.5. The van der Waals surface area contributed by atoms with Gasteiger partial charge in [-0.3, -0.25) is 18.8 Å². The van der Waals surface area contributed by atoms with Gasteiger partial charge in [-0.05, 0) is 170 Å². The molecular weight excluding hydrogens is 685 g/mol. The molecule has 9 atom stereocenters. The van der Waals surface area contributed by atoms with E-state index in [0.717, 1.165) is 52.1 Å². The molecule has 0 aromatic carbocycles. The van der Waals surface area contributed by atoms with Gasteiger partial charge in [-0.15, -0.1) is 0 Å². The summed E-state index contributed by atoms with van der Waals surface area (Å²) in [6.07, 6.45) is 12.5. The number of ether oxygens (including phenoxy) is 1. The Bertz CT molecular complexity index is 1390. The molecule has 2 heterocycles. The highest BCUT2D eigenvalue weighted by molar-refractivity contribution is 8.24. The van der Waals surface area contributed by atoms with Crippen LogP contribution in [0.15, 0.2) is 12.2 Å². The molecule has 6 fully saturated rings. The van der Waals surface area contributed by atoms with E-state index in [4.69, 9.17) is 4.74 Å². The third kappa shape index (κ3) is 7.19. The molecule has 53 heavy (non-hydrogen) atoms. The zero-order valence-electron chi connectivity index (χ0n) is 35.0. The number of nitrogens with zero attached hydrogens (tertiary/aromatic N) is 2. The fraction of sp³-hybridized carbons (Fsp3) is 0.907. The Hall–Kier alpha value is -1.17. The van der Waals surface area contributed by atoms with E-state index in [-0.39, 0.29) is 22.3 Å². The number of fused-ring (bicyclic) bond motifs is 7. The van der Waals surface area contributed by atoms with Crippen molar-refractivity contribution in [2.24, 2.45) is 51.2 Å². The van der Waals surface area contributed by atoms with Crippen LogP contribution in [0.3, 0.4) is 0 Å². The summed E-state index contributed by atoms with van der Waals surface area (Å²) in [6.45, 7) is 29.1. The van der Waals surface area contributed by atoms with Gasteiger partial charge in [0.1, 0.15) is 5.54 Å². The standard InChI is InChI=1S/C43H76N4O5S/c1-30(2)31-14-17-43(29-44-21-11-22-46-24-26-53(50,51)27-25-46)19-18-41(8)32(36(31)43)12-13-34-40(7)20-23-47(28-35(48)45-38(3,4)37(49)52-10)39(5,6)33(40)15-16-42(34,41)9/h31-34,36,44,50-51H,1,11-29H2,2-10H3,(H,45,48)/t31-,32+,33-,34+,36+,40-,41+,42+,43+/m0/s1. The van der Waals surface area contributed by atoms with E-state index < -0.39 is 22.1 Å². The molecule has 1 amide bonds. The SMILES string of the molecule is C=C(C)[C@@H]1CC[C@]2(CNCCCN3CCS(O)(O)CC3)CC[C@]3(C)[C@H](CC[C@@H]4[C@@]5(C)CCN(CC(=O)NC(C)(C)C(=O)OC)C(C)(C)[C@@H]5CC[C@]43C)[C@@H]12. The van der Waals surface area contributed by atoms with Gasteiger partial charge in [-0.25, -0.2) is 4.79 Å². The van der Waals surface area contributed by atoms with Crippen LogP contribution in [0.4, 0.5) is 0 Å². The number of likely N-dealkylation sites (tertiary alicyclic amines) is 1. The number of carbonyl (C=O) groups is 2. The summed E-state index contributed by atoms with van der Waals surface area (Å²) in [5.41, 5.74) is 1.35. The summed E-state index contributed by atoms with van der Waals surface area (Å²) < 4.78 is 25.0. The predicted octanol–water partition coefficient (Wildman–Crippen LogP) is 7.42. The van der Waals surface area contributed by atoms with E-state index in [0.29, 0.717) is 58.5 Å². The van der Waals surface area contributed by atoms with Crippen LogP contribution in [-0.2, 0) is 14.3 Å². The van der Waals surface area contributed by atoms with Crippen LogP contribution in [0.25, 0.3) is 0 Å². The molecule has 0 aromatic heterocycles. The number of rotatable bonds is 11. The molecule has 0 radical (unpaired) electrons. The fourth-order valence-electron chi connectivity index (χ4n) is 14.3. The first-order chi connectivity index (χ1) is 24.7. The second kappa shape index (κ2) is 14.6. The van der Waals surface area contributed by atoms with Gasteiger partial charge in [0.05, 0.1) is 25.2 Å². The molecule has 0 unspecified atom stereocenters. The van der Waals surface area contributed by atoms with Gasteiger partial charge in [0.2, 0.25) is 5.91 Å². The Balaban J connectivity index is 1.15. The zero-order valence-corrected chi connectivity index (χ0v) is 35.8. The van der Waals surface area contributed by atoms with Gasteiger partial charge in [0, 0.05) is 25.2 Å². The van der Waals surface area contributed by atoms with Crippen molar-refractivity contribution in [3.05, 3.63) is 12.2 Å². The molecule has 6 rings (SSSR count). The Labute approximate surface area is 323 Å². The number of methoxy groups -OCH3 is 1. The van der Waals surface area contributed by atoms with Gasteiger partial charge < -0.3 is 20.3 Å². The molecule has 0 bridgehead atoms. The van der Waals surface area contributed by atoms with E-state index in [1.54, 1.807) is 13.8 Å². The van der Waals surface area contributed by atoms with Crippen LogP contribution in [0.2, 0.25) is 0 Å². The predicted molar refractivity (Wildman–Crippen MR) is 217 cm³/mol. The lowest BCUT2D eigenvalue weighted by Gasteiger charge is -2.73. The van der Waals surface area contributed by atoms with Crippen molar-refractivity contribution >= 4 is 22.5 Å². The first-order valence-electron chi connectivity index (χ1n) is 21.1. The average molecular weight is 761 g/mol. The lowest BCUT2D eigenvalue weighted by molar-refractivity contribution is -0.241. The van der Waals surface area contributed by atoms with Crippen LogP contribution in [0, 0.1) is 51.2 Å². The van der Waals surface area contributed by atoms with Crippen LogP contribution in [-0.4, -0.2) is 106 Å². The summed E-state index contributed by atoms with van der Waals surface area (Å²) in [4.78, 5) is 30.5. The molecule has 2 saturated heterocycles. The van der Waals surface area contributed by atoms with Crippen LogP contribution in [0.5, 0.6) is 0 Å². The van der Waals surface area contributed by atoms with Crippen molar-refractivity contribution in [3.8, 4) is 0 Å². The molecule has 9 nitrogen and oxygen atoms in total. The maximum atomic E-state index is 13.3. The zero-order chi connectivity index (χ0) is 38.8. The van der Waals surface area contributed by atoms with Crippen molar-refractivity contribution < 1.29 is 23.4 Å². The van der Waals surface area contributed by atoms with Crippen molar-refractivity contribution in [2.75, 3.05) is 64.4 Å². The normalized spacial score (nSPS) is 41.6. The third-order valence-corrected chi connectivity index (χ3v) is 19.0. The number of carbonyl (C=O) groups excluding carboxylic acids is 2. The summed E-state index contributed by atoms with van der Waals surface area (Å²) in [5, 5.41) is 6.94. The van der Waals surface area contributed by atoms with E-state index in [1.807, 2.05) is 0 Å². The molecule has 4 aliphatic carbocycles. The Morgan fingerprint density at radius 1 is 0.906 bits per heavy atom. The van der Waals surface area contributed by atoms with Crippen molar-refractivity contribution in [1.29, 1.82) is 0 Å². The summed E-state index contributed by atoms with van der Waals surface area (Å²) in [5.74, 6) is 3.70. The lowest BCUT2D eigenvalue weighted by atomic mass is 9.33. The first-order valence-corrected chi connectivity index (χ1v) is 23.0. The number of amides is 1. The number of hydrogen-bond donors (Lipinski definition) is 4. The van der Waals surface area contributed by atoms with E-state index >= 15 is 0 Å². The minimum atomic E-state index is -2.34. The molecule has 0 aromatic rings. The minimum Gasteiger partial charge on any atom is -0.467 e. The van der Waals surface area contributed by atoms with Crippen molar-refractivity contribution in [2.45, 2.75) is 131 Å². The highest BCUT2D eigenvalue weighted by atomic mass is 32.3. The lowest BCUT2D eigenvalue weighted by Crippen LogP contribution is -2.70.